The van der Waals surface area contributed by atoms with E-state index in [9.17, 15) is 9.59 Å². The summed E-state index contributed by atoms with van der Waals surface area (Å²) in [5, 5.41) is 2.82. The topological polar surface area (TPSA) is 75.4 Å². The predicted molar refractivity (Wildman–Crippen MR) is 102 cm³/mol. The van der Waals surface area contributed by atoms with Gasteiger partial charge in [0.05, 0.1) is 5.56 Å². The molecule has 0 fully saturated rings. The molecule has 3 rings (SSSR count). The van der Waals surface area contributed by atoms with Crippen molar-refractivity contribution >= 4 is 35.6 Å². The van der Waals surface area contributed by atoms with Crippen LogP contribution in [-0.4, -0.2) is 24.9 Å². The lowest BCUT2D eigenvalue weighted by Gasteiger charge is -2.17. The van der Waals surface area contributed by atoms with Gasteiger partial charge in [-0.1, -0.05) is 30.3 Å². The summed E-state index contributed by atoms with van der Waals surface area (Å²) in [6.07, 6.45) is 1.93. The van der Waals surface area contributed by atoms with E-state index in [1.807, 2.05) is 23.1 Å². The van der Waals surface area contributed by atoms with Crippen LogP contribution in [0.15, 0.2) is 48.5 Å². The number of nitrogen functional groups attached to an aromatic ring is 1. The van der Waals surface area contributed by atoms with Crippen LogP contribution in [0.3, 0.4) is 0 Å². The van der Waals surface area contributed by atoms with E-state index in [1.165, 1.54) is 5.56 Å². The molecular formula is C19H22ClN3O2. The molecule has 0 aliphatic carbocycles. The van der Waals surface area contributed by atoms with Gasteiger partial charge >= 0.3 is 0 Å². The van der Waals surface area contributed by atoms with Gasteiger partial charge in [0.25, 0.3) is 5.91 Å². The van der Waals surface area contributed by atoms with E-state index in [2.05, 4.69) is 11.4 Å². The fourth-order valence-electron chi connectivity index (χ4n) is 2.97. The second kappa shape index (κ2) is 8.53. The standard InChI is InChI=1S/C19H21N3O2.ClH/c20-16-8-3-2-7-15(16)19(24)21-12-5-10-18(23)22-13-11-14-6-1-4-9-17(14)22;/h1-4,6-9H,5,10-13,20H2,(H,21,24);1H. The summed E-state index contributed by atoms with van der Waals surface area (Å²) in [4.78, 5) is 26.3. The van der Waals surface area contributed by atoms with Crippen LogP contribution < -0.4 is 16.0 Å². The second-order valence-electron chi connectivity index (χ2n) is 5.87. The number of rotatable bonds is 5. The van der Waals surface area contributed by atoms with Crippen molar-refractivity contribution in [2.45, 2.75) is 19.3 Å². The molecule has 0 unspecified atom stereocenters. The summed E-state index contributed by atoms with van der Waals surface area (Å²) in [5.74, 6) is -0.0968. The maximum Gasteiger partial charge on any atom is 0.253 e. The van der Waals surface area contributed by atoms with Crippen LogP contribution >= 0.6 is 12.4 Å². The Bertz CT molecular complexity index is 764. The van der Waals surface area contributed by atoms with E-state index in [0.29, 0.717) is 30.6 Å². The zero-order valence-electron chi connectivity index (χ0n) is 13.9. The number of nitrogens with one attached hydrogen (secondary N) is 1. The molecule has 0 radical (unpaired) electrons. The zero-order valence-corrected chi connectivity index (χ0v) is 14.7. The number of amides is 2. The first kappa shape index (κ1) is 18.8. The SMILES string of the molecule is Cl.Nc1ccccc1C(=O)NCCCC(=O)N1CCc2ccccc21. The molecule has 1 aliphatic rings. The number of nitrogens with zero attached hydrogens (tertiary/aromatic N) is 1. The summed E-state index contributed by atoms with van der Waals surface area (Å²) >= 11 is 0. The highest BCUT2D eigenvalue weighted by Gasteiger charge is 2.23. The highest BCUT2D eigenvalue weighted by molar-refractivity contribution is 5.99. The first-order chi connectivity index (χ1) is 11.7. The lowest BCUT2D eigenvalue weighted by molar-refractivity contribution is -0.118. The van der Waals surface area contributed by atoms with E-state index in [0.717, 1.165) is 18.7 Å². The van der Waals surface area contributed by atoms with Crippen LogP contribution in [0, 0.1) is 0 Å². The predicted octanol–water partition coefficient (Wildman–Crippen LogP) is 2.79. The molecule has 2 aromatic rings. The van der Waals surface area contributed by atoms with Gasteiger partial charge in [-0.15, -0.1) is 12.4 Å². The smallest absolute Gasteiger partial charge is 0.253 e. The number of halogens is 1. The molecule has 0 saturated heterocycles. The number of hydrogen-bond donors (Lipinski definition) is 2. The zero-order chi connectivity index (χ0) is 16.9. The monoisotopic (exact) mass is 359 g/mol. The maximum atomic E-state index is 12.4. The Kier molecular flexibility index (Phi) is 6.42. The molecular weight excluding hydrogens is 338 g/mol. The summed E-state index contributed by atoms with van der Waals surface area (Å²) in [5.41, 5.74) is 8.95. The fraction of sp³-hybridized carbons (Fsp3) is 0.263. The third-order valence-corrected chi connectivity index (χ3v) is 4.25. The second-order valence-corrected chi connectivity index (χ2v) is 5.87. The average molecular weight is 360 g/mol. The summed E-state index contributed by atoms with van der Waals surface area (Å²) in [6, 6.07) is 15.0. The molecule has 0 bridgehead atoms. The van der Waals surface area contributed by atoms with Crippen molar-refractivity contribution < 1.29 is 9.59 Å². The number of carbonyl (C=O) groups is 2. The number of para-hydroxylation sites is 2. The summed E-state index contributed by atoms with van der Waals surface area (Å²) in [7, 11) is 0. The Morgan fingerprint density at radius 2 is 1.80 bits per heavy atom. The Balaban J connectivity index is 0.00000225. The Morgan fingerprint density at radius 3 is 2.60 bits per heavy atom. The summed E-state index contributed by atoms with van der Waals surface area (Å²) in [6.45, 7) is 1.19. The lowest BCUT2D eigenvalue weighted by atomic mass is 10.1. The minimum atomic E-state index is -0.202. The molecule has 2 aromatic carbocycles. The normalized spacial score (nSPS) is 12.2. The number of carbonyl (C=O) groups excluding carboxylic acids is 2. The molecule has 25 heavy (non-hydrogen) atoms. The van der Waals surface area contributed by atoms with Gasteiger partial charge in [-0.05, 0) is 36.6 Å². The van der Waals surface area contributed by atoms with E-state index in [1.54, 1.807) is 24.3 Å². The molecule has 5 nitrogen and oxygen atoms in total. The Labute approximate surface area is 153 Å². The highest BCUT2D eigenvalue weighted by Crippen LogP contribution is 2.27. The van der Waals surface area contributed by atoms with Crippen molar-refractivity contribution in [2.75, 3.05) is 23.7 Å². The van der Waals surface area contributed by atoms with Crippen molar-refractivity contribution in [3.63, 3.8) is 0 Å². The third kappa shape index (κ3) is 4.31. The van der Waals surface area contributed by atoms with Crippen molar-refractivity contribution in [2.24, 2.45) is 0 Å². The average Bonchev–Trinajstić information content (AvgIpc) is 3.03. The van der Waals surface area contributed by atoms with Crippen LogP contribution in [0.2, 0.25) is 0 Å². The van der Waals surface area contributed by atoms with Gasteiger partial charge in [-0.2, -0.15) is 0 Å². The quantitative estimate of drug-likeness (QED) is 0.636. The van der Waals surface area contributed by atoms with Gasteiger partial charge in [0.2, 0.25) is 5.91 Å². The maximum absolute atomic E-state index is 12.4. The van der Waals surface area contributed by atoms with Crippen LogP contribution in [0.25, 0.3) is 0 Å². The first-order valence-electron chi connectivity index (χ1n) is 8.18. The minimum absolute atomic E-state index is 0. The highest BCUT2D eigenvalue weighted by atomic mass is 35.5. The van der Waals surface area contributed by atoms with Gasteiger partial charge in [0, 0.05) is 30.9 Å². The molecule has 132 valence electrons. The van der Waals surface area contributed by atoms with Gasteiger partial charge in [0.15, 0.2) is 0 Å². The molecule has 1 heterocycles. The van der Waals surface area contributed by atoms with Crippen molar-refractivity contribution in [1.82, 2.24) is 5.32 Å². The number of fused-ring (bicyclic) bond motifs is 1. The number of nitrogens with two attached hydrogens (primary N) is 1. The largest absolute Gasteiger partial charge is 0.398 e. The molecule has 0 atom stereocenters. The van der Waals surface area contributed by atoms with Gasteiger partial charge in [0.1, 0.15) is 0 Å². The molecule has 3 N–H and O–H groups in total. The summed E-state index contributed by atoms with van der Waals surface area (Å²) < 4.78 is 0. The molecule has 0 spiro atoms. The minimum Gasteiger partial charge on any atom is -0.398 e. The fourth-order valence-corrected chi connectivity index (χ4v) is 2.97. The first-order valence-corrected chi connectivity index (χ1v) is 8.18. The number of benzene rings is 2. The van der Waals surface area contributed by atoms with Crippen LogP contribution in [0.5, 0.6) is 0 Å². The van der Waals surface area contributed by atoms with Crippen molar-refractivity contribution in [3.05, 3.63) is 59.7 Å². The van der Waals surface area contributed by atoms with E-state index in [-0.39, 0.29) is 24.2 Å². The van der Waals surface area contributed by atoms with E-state index < -0.39 is 0 Å². The molecule has 2 amide bonds. The van der Waals surface area contributed by atoms with Crippen LogP contribution in [0.4, 0.5) is 11.4 Å². The van der Waals surface area contributed by atoms with Gasteiger partial charge < -0.3 is 16.0 Å². The third-order valence-electron chi connectivity index (χ3n) is 4.25. The Morgan fingerprint density at radius 1 is 1.08 bits per heavy atom. The van der Waals surface area contributed by atoms with Crippen molar-refractivity contribution in [3.8, 4) is 0 Å². The number of anilines is 2. The van der Waals surface area contributed by atoms with Crippen molar-refractivity contribution in [1.29, 1.82) is 0 Å². The molecule has 1 aliphatic heterocycles. The molecule has 0 saturated carbocycles. The van der Waals surface area contributed by atoms with Crippen LogP contribution in [-0.2, 0) is 11.2 Å². The van der Waals surface area contributed by atoms with E-state index in [4.69, 9.17) is 5.73 Å². The number of hydrogen-bond acceptors (Lipinski definition) is 3. The lowest BCUT2D eigenvalue weighted by Crippen LogP contribution is -2.30. The molecule has 6 heteroatoms. The van der Waals surface area contributed by atoms with Gasteiger partial charge in [-0.3, -0.25) is 9.59 Å². The molecule has 0 aromatic heterocycles. The van der Waals surface area contributed by atoms with Gasteiger partial charge in [-0.25, -0.2) is 0 Å². The Hall–Kier alpha value is -2.53. The van der Waals surface area contributed by atoms with Crippen LogP contribution in [0.1, 0.15) is 28.8 Å². The van der Waals surface area contributed by atoms with E-state index >= 15 is 0 Å².